The average molecular weight is 523 g/mol. The van der Waals surface area contributed by atoms with Crippen molar-refractivity contribution in [2.45, 2.75) is 51.4 Å². The van der Waals surface area contributed by atoms with Gasteiger partial charge in [-0.1, -0.05) is 31.2 Å². The molecule has 3 amide bonds. The van der Waals surface area contributed by atoms with Crippen LogP contribution in [0.15, 0.2) is 48.6 Å². The number of aromatic amines is 1. The molecule has 12 heteroatoms. The summed E-state index contributed by atoms with van der Waals surface area (Å²) in [5.74, 6) is -2.52. The van der Waals surface area contributed by atoms with Crippen molar-refractivity contribution in [3.05, 3.63) is 59.8 Å². The minimum absolute atomic E-state index is 0.0364. The van der Waals surface area contributed by atoms with Crippen molar-refractivity contribution in [2.24, 2.45) is 5.73 Å². The first-order valence-corrected chi connectivity index (χ1v) is 11.6. The van der Waals surface area contributed by atoms with E-state index in [-0.39, 0.29) is 42.8 Å². The Morgan fingerprint density at radius 2 is 1.78 bits per heavy atom. The number of hydrogen-bond donors (Lipinski definition) is 4. The van der Waals surface area contributed by atoms with Gasteiger partial charge in [-0.15, -0.1) is 0 Å². The van der Waals surface area contributed by atoms with Crippen LogP contribution in [-0.2, 0) is 25.3 Å². The highest BCUT2D eigenvalue weighted by Crippen LogP contribution is 2.36. The van der Waals surface area contributed by atoms with Gasteiger partial charge in [0.15, 0.2) is 0 Å². The molecular formula is C25H29F3N4O5. The zero-order valence-corrected chi connectivity index (χ0v) is 20.4. The number of H-pyrrole nitrogens is 1. The number of primary amides is 1. The summed E-state index contributed by atoms with van der Waals surface area (Å²) in [5.41, 5.74) is 4.26. The maximum absolute atomic E-state index is 13.4. The Kier molecular flexibility index (Phi) is 10.5. The Morgan fingerprint density at radius 3 is 2.41 bits per heavy atom. The second-order valence-corrected chi connectivity index (χ2v) is 7.99. The molecule has 0 radical (unpaired) electrons. The molecule has 5 N–H and O–H groups in total. The summed E-state index contributed by atoms with van der Waals surface area (Å²) in [6.07, 6.45) is -1.86. The molecule has 1 aromatic heterocycles. The van der Waals surface area contributed by atoms with E-state index >= 15 is 0 Å². The number of ether oxygens (including phenoxy) is 1. The van der Waals surface area contributed by atoms with Crippen LogP contribution >= 0.6 is 0 Å². The minimum atomic E-state index is -4.58. The van der Waals surface area contributed by atoms with Crippen LogP contribution < -0.4 is 16.4 Å². The summed E-state index contributed by atoms with van der Waals surface area (Å²) < 4.78 is 44.9. The van der Waals surface area contributed by atoms with Gasteiger partial charge in [0.2, 0.25) is 11.8 Å². The highest BCUT2D eigenvalue weighted by Gasteiger charge is 2.33. The molecule has 0 spiro atoms. The first-order chi connectivity index (χ1) is 17.5. The van der Waals surface area contributed by atoms with E-state index in [1.165, 1.54) is 36.4 Å². The topological polar surface area (TPSA) is 143 Å². The number of rotatable bonds is 12. The van der Waals surface area contributed by atoms with Crippen molar-refractivity contribution in [2.75, 3.05) is 6.61 Å². The number of aromatic nitrogens is 1. The largest absolute Gasteiger partial charge is 0.463 e. The zero-order valence-electron chi connectivity index (χ0n) is 20.4. The predicted octanol–water partition coefficient (Wildman–Crippen LogP) is 3.08. The number of carbonyl (C=O) groups is 4. The molecule has 0 saturated carbocycles. The predicted molar refractivity (Wildman–Crippen MR) is 129 cm³/mol. The van der Waals surface area contributed by atoms with E-state index in [1.54, 1.807) is 13.8 Å². The highest BCUT2D eigenvalue weighted by atomic mass is 19.4. The lowest BCUT2D eigenvalue weighted by Gasteiger charge is -2.20. The van der Waals surface area contributed by atoms with Crippen molar-refractivity contribution in [3.63, 3.8) is 0 Å². The van der Waals surface area contributed by atoms with Gasteiger partial charge in [-0.2, -0.15) is 13.2 Å². The molecule has 1 aromatic carbocycles. The molecule has 9 nitrogen and oxygen atoms in total. The maximum Gasteiger partial charge on any atom is 0.417 e. The molecule has 0 aliphatic rings. The number of nitrogens with one attached hydrogen (secondary N) is 3. The van der Waals surface area contributed by atoms with Gasteiger partial charge in [0.1, 0.15) is 11.7 Å². The Balaban J connectivity index is 2.13. The minimum Gasteiger partial charge on any atom is -0.463 e. The molecule has 200 valence electrons. The van der Waals surface area contributed by atoms with Gasteiger partial charge in [-0.25, -0.2) is 4.79 Å². The lowest BCUT2D eigenvalue weighted by atomic mass is 10.0. The molecule has 1 heterocycles. The first kappa shape index (κ1) is 29.1. The summed E-state index contributed by atoms with van der Waals surface area (Å²) >= 11 is 0. The highest BCUT2D eigenvalue weighted by molar-refractivity contribution is 5.97. The summed E-state index contributed by atoms with van der Waals surface area (Å²) in [4.78, 5) is 51.0. The summed E-state index contributed by atoms with van der Waals surface area (Å²) in [5, 5.41) is 5.18. The standard InChI is InChI=1S/C25H29F3N4O5/c1-3-18(23(35)30-15(9-13-21(29)33)10-14-22(34)37-4-2)32-24(36)20-12-11-19(31-20)16-7-5-6-8-17(16)25(26,27)28/h5-8,10-12,14-15,18,31H,3-4,9,13H2,1-2H3,(H2,29,33)(H,30,35)(H,32,36)/b14-10+/t15-,18-/m0/s1. The normalized spacial score (nSPS) is 13.1. The van der Waals surface area contributed by atoms with Crippen molar-refractivity contribution in [1.82, 2.24) is 15.6 Å². The number of hydrogen-bond acceptors (Lipinski definition) is 5. The van der Waals surface area contributed by atoms with Crippen LogP contribution in [0.2, 0.25) is 0 Å². The van der Waals surface area contributed by atoms with Crippen molar-refractivity contribution >= 4 is 23.7 Å². The van der Waals surface area contributed by atoms with Crippen LogP contribution in [0, 0.1) is 0 Å². The van der Waals surface area contributed by atoms with E-state index in [0.29, 0.717) is 0 Å². The number of halogens is 3. The fourth-order valence-corrected chi connectivity index (χ4v) is 3.42. The third-order valence-electron chi connectivity index (χ3n) is 5.26. The van der Waals surface area contributed by atoms with Gasteiger partial charge in [0.25, 0.3) is 5.91 Å². The van der Waals surface area contributed by atoms with Crippen LogP contribution in [0.1, 0.15) is 49.2 Å². The van der Waals surface area contributed by atoms with Gasteiger partial charge in [0, 0.05) is 29.8 Å². The lowest BCUT2D eigenvalue weighted by Crippen LogP contribution is -2.49. The maximum atomic E-state index is 13.4. The summed E-state index contributed by atoms with van der Waals surface area (Å²) in [7, 11) is 0. The number of amides is 3. The number of carbonyl (C=O) groups excluding carboxylic acids is 4. The van der Waals surface area contributed by atoms with Gasteiger partial charge in [-0.05, 0) is 38.0 Å². The quantitative estimate of drug-likeness (QED) is 0.250. The Labute approximate surface area is 211 Å². The molecule has 37 heavy (non-hydrogen) atoms. The smallest absolute Gasteiger partial charge is 0.417 e. The van der Waals surface area contributed by atoms with Gasteiger partial charge in [-0.3, -0.25) is 14.4 Å². The van der Waals surface area contributed by atoms with Gasteiger partial charge >= 0.3 is 12.1 Å². The van der Waals surface area contributed by atoms with E-state index < -0.39 is 47.5 Å². The van der Waals surface area contributed by atoms with Crippen LogP contribution in [0.3, 0.4) is 0 Å². The average Bonchev–Trinajstić information content (AvgIpc) is 3.34. The Hall–Kier alpha value is -4.09. The first-order valence-electron chi connectivity index (χ1n) is 11.6. The molecule has 2 rings (SSSR count). The SMILES string of the molecule is CCOC(=O)/C=C/[C@H](CCC(N)=O)NC(=O)[C@H](CC)NC(=O)c1ccc(-c2ccccc2C(F)(F)F)[nH]1. The van der Waals surface area contributed by atoms with Crippen LogP contribution in [0.4, 0.5) is 13.2 Å². The molecule has 2 atom stereocenters. The molecule has 0 aliphatic carbocycles. The third kappa shape index (κ3) is 8.81. The second-order valence-electron chi connectivity index (χ2n) is 7.99. The molecule has 0 bridgehead atoms. The van der Waals surface area contributed by atoms with E-state index in [2.05, 4.69) is 15.6 Å². The second kappa shape index (κ2) is 13.3. The van der Waals surface area contributed by atoms with Crippen LogP contribution in [0.25, 0.3) is 11.3 Å². The van der Waals surface area contributed by atoms with Gasteiger partial charge < -0.3 is 26.1 Å². The number of alkyl halides is 3. The molecule has 0 unspecified atom stereocenters. The molecule has 0 fully saturated rings. The number of esters is 1. The Bertz CT molecular complexity index is 1140. The fourth-order valence-electron chi connectivity index (χ4n) is 3.42. The number of nitrogens with two attached hydrogens (primary N) is 1. The lowest BCUT2D eigenvalue weighted by molar-refractivity contribution is -0.138. The summed E-state index contributed by atoms with van der Waals surface area (Å²) in [6.45, 7) is 3.44. The molecule has 0 saturated heterocycles. The Morgan fingerprint density at radius 1 is 1.08 bits per heavy atom. The van der Waals surface area contributed by atoms with E-state index in [0.717, 1.165) is 12.1 Å². The molecule has 0 aliphatic heterocycles. The van der Waals surface area contributed by atoms with Crippen LogP contribution in [0.5, 0.6) is 0 Å². The van der Waals surface area contributed by atoms with Crippen molar-refractivity contribution in [3.8, 4) is 11.3 Å². The van der Waals surface area contributed by atoms with Gasteiger partial charge in [0.05, 0.1) is 12.2 Å². The number of benzene rings is 1. The fraction of sp³-hybridized carbons (Fsp3) is 0.360. The van der Waals surface area contributed by atoms with Crippen molar-refractivity contribution in [1.29, 1.82) is 0 Å². The monoisotopic (exact) mass is 522 g/mol. The third-order valence-corrected chi connectivity index (χ3v) is 5.26. The van der Waals surface area contributed by atoms with E-state index in [4.69, 9.17) is 10.5 Å². The van der Waals surface area contributed by atoms with E-state index in [1.807, 2.05) is 0 Å². The molecular weight excluding hydrogens is 493 g/mol. The van der Waals surface area contributed by atoms with Crippen molar-refractivity contribution < 1.29 is 37.1 Å². The molecule has 2 aromatic rings. The van der Waals surface area contributed by atoms with E-state index in [9.17, 15) is 32.3 Å². The van der Waals surface area contributed by atoms with Crippen LogP contribution in [-0.4, -0.2) is 47.4 Å². The summed E-state index contributed by atoms with van der Waals surface area (Å²) in [6, 6.07) is 5.87. The zero-order chi connectivity index (χ0) is 27.6.